The molecule has 184 valence electrons. The van der Waals surface area contributed by atoms with Crippen LogP contribution in [0.25, 0.3) is 0 Å². The van der Waals surface area contributed by atoms with Crippen LogP contribution in [0.5, 0.6) is 17.2 Å². The van der Waals surface area contributed by atoms with Crippen molar-refractivity contribution in [2.45, 2.75) is 31.3 Å². The monoisotopic (exact) mass is 492 g/mol. The van der Waals surface area contributed by atoms with E-state index in [2.05, 4.69) is 52.0 Å². The molecule has 0 radical (unpaired) electrons. The molecule has 0 saturated heterocycles. The van der Waals surface area contributed by atoms with E-state index in [4.69, 9.17) is 14.2 Å². The van der Waals surface area contributed by atoms with Gasteiger partial charge in [0.05, 0.1) is 40.0 Å². The fraction of sp³-hybridized carbons (Fsp3) is 0.393. The van der Waals surface area contributed by atoms with E-state index in [1.165, 1.54) is 16.0 Å². The summed E-state index contributed by atoms with van der Waals surface area (Å²) in [6.07, 6.45) is 3.15. The molecule has 2 heterocycles. The van der Waals surface area contributed by atoms with Crippen molar-refractivity contribution in [1.82, 2.24) is 10.2 Å². The Morgan fingerprint density at radius 3 is 2.43 bits per heavy atom. The fourth-order valence-corrected chi connectivity index (χ4v) is 5.94. The molecule has 1 N–H and O–H groups in total. The third-order valence-electron chi connectivity index (χ3n) is 7.02. The van der Waals surface area contributed by atoms with Crippen molar-refractivity contribution in [2.24, 2.45) is 5.92 Å². The molecule has 35 heavy (non-hydrogen) atoms. The summed E-state index contributed by atoms with van der Waals surface area (Å²) in [5, 5.41) is 5.44. The van der Waals surface area contributed by atoms with Gasteiger partial charge in [0.2, 0.25) is 5.91 Å². The first-order chi connectivity index (χ1) is 17.1. The van der Waals surface area contributed by atoms with Crippen LogP contribution in [-0.2, 0) is 11.2 Å². The first-order valence-electron chi connectivity index (χ1n) is 12.1. The summed E-state index contributed by atoms with van der Waals surface area (Å²) < 4.78 is 16.5. The second-order valence-corrected chi connectivity index (χ2v) is 10.2. The first kappa shape index (κ1) is 23.7. The standard InChI is InChI=1S/C28H32N2O4S/c1-32-21-10-8-19(9-11-21)27(18-6-7-18)29-26(31)17-30-13-12-20-15-23(33-2)24(34-3)16-22(20)28(30)25-5-4-14-35-25/h4-5,8-11,14-16,18,27-28H,6-7,12-13,17H2,1-3H3,(H,29,31). The summed E-state index contributed by atoms with van der Waals surface area (Å²) in [5.41, 5.74) is 3.56. The third kappa shape index (κ3) is 5.02. The highest BCUT2D eigenvalue weighted by molar-refractivity contribution is 7.10. The molecule has 1 saturated carbocycles. The van der Waals surface area contributed by atoms with E-state index in [0.29, 0.717) is 18.2 Å². The number of hydrogen-bond acceptors (Lipinski definition) is 6. The Kier molecular flexibility index (Phi) is 6.97. The van der Waals surface area contributed by atoms with Crippen molar-refractivity contribution in [2.75, 3.05) is 34.4 Å². The number of hydrogen-bond donors (Lipinski definition) is 1. The van der Waals surface area contributed by atoms with Crippen LogP contribution in [0.4, 0.5) is 0 Å². The quantitative estimate of drug-likeness (QED) is 0.456. The third-order valence-corrected chi connectivity index (χ3v) is 7.94. The van der Waals surface area contributed by atoms with Crippen LogP contribution in [0.15, 0.2) is 53.9 Å². The lowest BCUT2D eigenvalue weighted by Gasteiger charge is -2.37. The minimum absolute atomic E-state index is 0.00432. The Bertz CT molecular complexity index is 1160. The molecule has 2 unspecified atom stereocenters. The van der Waals surface area contributed by atoms with Crippen LogP contribution in [0, 0.1) is 5.92 Å². The van der Waals surface area contributed by atoms with Crippen molar-refractivity contribution in [1.29, 1.82) is 0 Å². The SMILES string of the molecule is COc1ccc(C(NC(=O)CN2CCc3cc(OC)c(OC)cc3C2c2cccs2)C2CC2)cc1. The molecular formula is C28H32N2O4S. The summed E-state index contributed by atoms with van der Waals surface area (Å²) in [7, 11) is 5.00. The molecule has 1 aliphatic heterocycles. The molecule has 3 aromatic rings. The second kappa shape index (κ2) is 10.3. The maximum atomic E-state index is 13.4. The molecule has 0 bridgehead atoms. The largest absolute Gasteiger partial charge is 0.497 e. The van der Waals surface area contributed by atoms with Crippen LogP contribution in [-0.4, -0.2) is 45.2 Å². The van der Waals surface area contributed by atoms with Crippen LogP contribution < -0.4 is 19.5 Å². The maximum Gasteiger partial charge on any atom is 0.234 e. The van der Waals surface area contributed by atoms with Gasteiger partial charge in [-0.25, -0.2) is 0 Å². The highest BCUT2D eigenvalue weighted by Crippen LogP contribution is 2.43. The lowest BCUT2D eigenvalue weighted by atomic mass is 9.90. The number of nitrogens with zero attached hydrogens (tertiary/aromatic N) is 1. The van der Waals surface area contributed by atoms with Gasteiger partial charge in [-0.2, -0.15) is 0 Å². The van der Waals surface area contributed by atoms with Crippen molar-refractivity contribution in [3.8, 4) is 17.2 Å². The fourth-order valence-electron chi connectivity index (χ4n) is 5.07. The van der Waals surface area contributed by atoms with Gasteiger partial charge in [0.25, 0.3) is 0 Å². The Balaban J connectivity index is 1.38. The number of fused-ring (bicyclic) bond motifs is 1. The zero-order chi connectivity index (χ0) is 24.4. The minimum Gasteiger partial charge on any atom is -0.497 e. The molecule has 2 aliphatic rings. The Labute approximate surface area is 210 Å². The van der Waals surface area contributed by atoms with E-state index in [1.54, 1.807) is 32.7 Å². The topological polar surface area (TPSA) is 60.0 Å². The van der Waals surface area contributed by atoms with Crippen LogP contribution in [0.1, 0.15) is 46.5 Å². The van der Waals surface area contributed by atoms with Crippen molar-refractivity contribution in [3.05, 3.63) is 75.5 Å². The summed E-state index contributed by atoms with van der Waals surface area (Å²) >= 11 is 1.72. The average Bonchev–Trinajstić information content (AvgIpc) is 3.59. The summed E-state index contributed by atoms with van der Waals surface area (Å²) in [5.74, 6) is 2.84. The van der Waals surface area contributed by atoms with Gasteiger partial charge in [-0.1, -0.05) is 18.2 Å². The number of carbonyl (C=O) groups is 1. The first-order valence-corrected chi connectivity index (χ1v) is 12.9. The van der Waals surface area contributed by atoms with Gasteiger partial charge in [-0.05, 0) is 77.6 Å². The predicted octanol–water partition coefficient (Wildman–Crippen LogP) is 4.99. The molecule has 1 fully saturated rings. The molecule has 2 atom stereocenters. The number of methoxy groups -OCH3 is 3. The maximum absolute atomic E-state index is 13.4. The number of carbonyl (C=O) groups excluding carboxylic acids is 1. The van der Waals surface area contributed by atoms with Crippen molar-refractivity contribution < 1.29 is 19.0 Å². The molecular weight excluding hydrogens is 460 g/mol. The molecule has 1 aliphatic carbocycles. The summed E-state index contributed by atoms with van der Waals surface area (Å²) in [6, 6.07) is 16.5. The van der Waals surface area contributed by atoms with Crippen molar-refractivity contribution >= 4 is 17.2 Å². The number of benzene rings is 2. The van der Waals surface area contributed by atoms with Gasteiger partial charge in [-0.15, -0.1) is 11.3 Å². The molecule has 2 aromatic carbocycles. The minimum atomic E-state index is 0.00432. The Hall–Kier alpha value is -3.03. The number of rotatable bonds is 9. The highest BCUT2D eigenvalue weighted by atomic mass is 32.1. The van der Waals surface area contributed by atoms with Gasteiger partial charge in [0.15, 0.2) is 11.5 Å². The van der Waals surface area contributed by atoms with E-state index < -0.39 is 0 Å². The molecule has 6 nitrogen and oxygen atoms in total. The van der Waals surface area contributed by atoms with Crippen LogP contribution >= 0.6 is 11.3 Å². The highest BCUT2D eigenvalue weighted by Gasteiger charge is 2.36. The molecule has 1 amide bonds. The second-order valence-electron chi connectivity index (χ2n) is 9.20. The predicted molar refractivity (Wildman–Crippen MR) is 138 cm³/mol. The Morgan fingerprint density at radius 2 is 1.80 bits per heavy atom. The summed E-state index contributed by atoms with van der Waals surface area (Å²) in [6.45, 7) is 1.14. The van der Waals surface area contributed by atoms with Gasteiger partial charge < -0.3 is 19.5 Å². The smallest absolute Gasteiger partial charge is 0.234 e. The Morgan fingerprint density at radius 1 is 1.06 bits per heavy atom. The van der Waals surface area contributed by atoms with E-state index in [9.17, 15) is 4.79 Å². The molecule has 5 rings (SSSR count). The number of amides is 1. The lowest BCUT2D eigenvalue weighted by molar-refractivity contribution is -0.123. The molecule has 0 spiro atoms. The van der Waals surface area contributed by atoms with Gasteiger partial charge in [0.1, 0.15) is 5.75 Å². The average molecular weight is 493 g/mol. The van der Waals surface area contributed by atoms with Crippen molar-refractivity contribution in [3.63, 3.8) is 0 Å². The number of thiophene rings is 1. The zero-order valence-corrected chi connectivity index (χ0v) is 21.3. The van der Waals surface area contributed by atoms with Crippen LogP contribution in [0.3, 0.4) is 0 Å². The summed E-state index contributed by atoms with van der Waals surface area (Å²) in [4.78, 5) is 16.9. The van der Waals surface area contributed by atoms with E-state index in [-0.39, 0.29) is 18.0 Å². The molecule has 1 aromatic heterocycles. The molecule has 7 heteroatoms. The number of nitrogens with one attached hydrogen (secondary N) is 1. The van der Waals surface area contributed by atoms with Gasteiger partial charge in [0, 0.05) is 11.4 Å². The van der Waals surface area contributed by atoms with E-state index in [1.807, 2.05) is 12.1 Å². The van der Waals surface area contributed by atoms with Crippen LogP contribution in [0.2, 0.25) is 0 Å². The van der Waals surface area contributed by atoms with E-state index in [0.717, 1.165) is 42.9 Å². The van der Waals surface area contributed by atoms with Gasteiger partial charge >= 0.3 is 0 Å². The van der Waals surface area contributed by atoms with E-state index >= 15 is 0 Å². The number of ether oxygens (including phenoxy) is 3. The normalized spacial score (nSPS) is 18.4. The lowest BCUT2D eigenvalue weighted by Crippen LogP contribution is -2.44. The van der Waals surface area contributed by atoms with Gasteiger partial charge in [-0.3, -0.25) is 9.69 Å². The zero-order valence-electron chi connectivity index (χ0n) is 20.5.